The van der Waals surface area contributed by atoms with Gasteiger partial charge in [0.15, 0.2) is 0 Å². The van der Waals surface area contributed by atoms with Gasteiger partial charge in [0.1, 0.15) is 0 Å². The number of benzene rings is 1. The maximum Gasteiger partial charge on any atom is 0.0995 e. The molecule has 1 heterocycles. The molecule has 1 aliphatic rings. The van der Waals surface area contributed by atoms with Gasteiger partial charge in [0.05, 0.1) is 11.6 Å². The van der Waals surface area contributed by atoms with Crippen molar-refractivity contribution >= 4 is 5.69 Å². The van der Waals surface area contributed by atoms with E-state index in [0.29, 0.717) is 0 Å². The molecule has 0 bridgehead atoms. The average Bonchev–Trinajstić information content (AvgIpc) is 2.38. The number of hydrogen-bond donors (Lipinski definition) is 0. The van der Waals surface area contributed by atoms with Gasteiger partial charge in [-0.3, -0.25) is 0 Å². The van der Waals surface area contributed by atoms with E-state index in [0.717, 1.165) is 12.1 Å². The summed E-state index contributed by atoms with van der Waals surface area (Å²) < 4.78 is 0. The summed E-state index contributed by atoms with van der Waals surface area (Å²) in [6, 6.07) is 8.22. The van der Waals surface area contributed by atoms with E-state index in [4.69, 9.17) is 5.26 Å². The van der Waals surface area contributed by atoms with Crippen LogP contribution in [0.3, 0.4) is 0 Å². The van der Waals surface area contributed by atoms with Gasteiger partial charge in [0.25, 0.3) is 0 Å². The van der Waals surface area contributed by atoms with E-state index in [9.17, 15) is 0 Å². The molecule has 1 aromatic rings. The van der Waals surface area contributed by atoms with Crippen LogP contribution in [0.1, 0.15) is 25.0 Å². The molecule has 0 saturated carbocycles. The molecule has 0 amide bonds. The highest BCUT2D eigenvalue weighted by molar-refractivity contribution is 5.66. The fourth-order valence-corrected chi connectivity index (χ4v) is 2.42. The number of nitrogens with zero attached hydrogens (tertiary/aromatic N) is 2. The zero-order chi connectivity index (χ0) is 10.3. The molecule has 0 aliphatic carbocycles. The van der Waals surface area contributed by atoms with Crippen LogP contribution < -0.4 is 4.90 Å². The minimum Gasteiger partial charge on any atom is -0.373 e. The number of fused-ring (bicyclic) bond motifs is 1. The van der Waals surface area contributed by atoms with E-state index >= 15 is 0 Å². The van der Waals surface area contributed by atoms with Gasteiger partial charge < -0.3 is 4.90 Å². The SMILES string of the molecule is CN1CC(C)(C)c2c(C#N)cccc21. The molecule has 0 spiro atoms. The summed E-state index contributed by atoms with van der Waals surface area (Å²) >= 11 is 0. The lowest BCUT2D eigenvalue weighted by Crippen LogP contribution is -2.25. The standard InChI is InChI=1S/C12H14N2/c1-12(2)8-14(3)10-6-4-5-9(7-13)11(10)12/h4-6H,8H2,1-3H3. The zero-order valence-corrected chi connectivity index (χ0v) is 8.83. The Morgan fingerprint density at radius 2 is 2.14 bits per heavy atom. The van der Waals surface area contributed by atoms with Crippen molar-refractivity contribution in [2.75, 3.05) is 18.5 Å². The Labute approximate surface area is 84.8 Å². The lowest BCUT2D eigenvalue weighted by Gasteiger charge is -2.19. The van der Waals surface area contributed by atoms with Gasteiger partial charge in [-0.2, -0.15) is 5.26 Å². The van der Waals surface area contributed by atoms with E-state index in [1.807, 2.05) is 12.1 Å². The molecular weight excluding hydrogens is 172 g/mol. The van der Waals surface area contributed by atoms with Crippen LogP contribution in [0, 0.1) is 11.3 Å². The summed E-state index contributed by atoms with van der Waals surface area (Å²) in [6.45, 7) is 5.37. The van der Waals surface area contributed by atoms with Crippen LogP contribution in [0.2, 0.25) is 0 Å². The Morgan fingerprint density at radius 1 is 1.43 bits per heavy atom. The van der Waals surface area contributed by atoms with E-state index in [1.165, 1.54) is 11.3 Å². The second kappa shape index (κ2) is 2.75. The first kappa shape index (κ1) is 9.08. The Balaban J connectivity index is 2.71. The highest BCUT2D eigenvalue weighted by Gasteiger charge is 2.35. The number of anilines is 1. The molecule has 14 heavy (non-hydrogen) atoms. The molecule has 0 aromatic heterocycles. The molecule has 0 N–H and O–H groups in total. The quantitative estimate of drug-likeness (QED) is 0.621. The number of nitriles is 1. The molecule has 1 aliphatic heterocycles. The molecule has 72 valence electrons. The van der Waals surface area contributed by atoms with Crippen molar-refractivity contribution < 1.29 is 0 Å². The van der Waals surface area contributed by atoms with Crippen LogP contribution in [-0.4, -0.2) is 13.6 Å². The lowest BCUT2D eigenvalue weighted by molar-refractivity contribution is 0.562. The first-order valence-corrected chi connectivity index (χ1v) is 4.81. The fourth-order valence-electron chi connectivity index (χ4n) is 2.42. The Morgan fingerprint density at radius 3 is 2.79 bits per heavy atom. The zero-order valence-electron chi connectivity index (χ0n) is 8.83. The Kier molecular flexibility index (Phi) is 1.78. The molecule has 0 unspecified atom stereocenters. The summed E-state index contributed by atoms with van der Waals surface area (Å²) in [4.78, 5) is 2.22. The number of rotatable bonds is 0. The predicted molar refractivity (Wildman–Crippen MR) is 57.5 cm³/mol. The van der Waals surface area contributed by atoms with Crippen molar-refractivity contribution in [2.45, 2.75) is 19.3 Å². The Bertz CT molecular complexity index is 413. The van der Waals surface area contributed by atoms with Crippen LogP contribution in [0.5, 0.6) is 0 Å². The number of likely N-dealkylation sites (N-methyl/N-ethyl adjacent to an activating group) is 1. The highest BCUT2D eigenvalue weighted by atomic mass is 15.1. The highest BCUT2D eigenvalue weighted by Crippen LogP contribution is 2.41. The van der Waals surface area contributed by atoms with Crippen LogP contribution in [-0.2, 0) is 5.41 Å². The molecule has 1 aromatic carbocycles. The molecule has 0 atom stereocenters. The summed E-state index contributed by atoms with van der Waals surface area (Å²) in [5.41, 5.74) is 3.31. The third kappa shape index (κ3) is 1.09. The number of hydrogen-bond acceptors (Lipinski definition) is 2. The largest absolute Gasteiger partial charge is 0.373 e. The van der Waals surface area contributed by atoms with E-state index in [1.54, 1.807) is 0 Å². The molecule has 0 radical (unpaired) electrons. The third-order valence-corrected chi connectivity index (χ3v) is 2.88. The monoisotopic (exact) mass is 186 g/mol. The van der Waals surface area contributed by atoms with Gasteiger partial charge in [-0.25, -0.2) is 0 Å². The van der Waals surface area contributed by atoms with Crippen LogP contribution in [0.25, 0.3) is 0 Å². The Hall–Kier alpha value is -1.49. The average molecular weight is 186 g/mol. The fraction of sp³-hybridized carbons (Fsp3) is 0.417. The molecule has 2 nitrogen and oxygen atoms in total. The smallest absolute Gasteiger partial charge is 0.0995 e. The second-order valence-electron chi connectivity index (χ2n) is 4.55. The molecule has 0 saturated heterocycles. The van der Waals surface area contributed by atoms with Gasteiger partial charge >= 0.3 is 0 Å². The van der Waals surface area contributed by atoms with Crippen LogP contribution in [0.4, 0.5) is 5.69 Å². The molecular formula is C12H14N2. The van der Waals surface area contributed by atoms with Gasteiger partial charge in [-0.15, -0.1) is 0 Å². The lowest BCUT2D eigenvalue weighted by atomic mass is 9.84. The van der Waals surface area contributed by atoms with Crippen molar-refractivity contribution in [1.82, 2.24) is 0 Å². The summed E-state index contributed by atoms with van der Waals surface area (Å²) in [5, 5.41) is 9.05. The third-order valence-electron chi connectivity index (χ3n) is 2.88. The van der Waals surface area contributed by atoms with Crippen molar-refractivity contribution in [3.05, 3.63) is 29.3 Å². The topological polar surface area (TPSA) is 27.0 Å². The summed E-state index contributed by atoms with van der Waals surface area (Å²) in [7, 11) is 2.08. The first-order valence-electron chi connectivity index (χ1n) is 4.81. The van der Waals surface area contributed by atoms with Gasteiger partial charge in [-0.05, 0) is 12.1 Å². The maximum absolute atomic E-state index is 9.05. The van der Waals surface area contributed by atoms with E-state index in [-0.39, 0.29) is 5.41 Å². The van der Waals surface area contributed by atoms with Gasteiger partial charge in [0.2, 0.25) is 0 Å². The van der Waals surface area contributed by atoms with E-state index < -0.39 is 0 Å². The van der Waals surface area contributed by atoms with E-state index in [2.05, 4.69) is 37.9 Å². The van der Waals surface area contributed by atoms with Crippen LogP contribution in [0.15, 0.2) is 18.2 Å². The molecule has 0 fully saturated rings. The first-order chi connectivity index (χ1) is 6.56. The minimum atomic E-state index is 0.0937. The normalized spacial score (nSPS) is 17.7. The van der Waals surface area contributed by atoms with Crippen molar-refractivity contribution in [1.29, 1.82) is 5.26 Å². The maximum atomic E-state index is 9.05. The van der Waals surface area contributed by atoms with Crippen molar-refractivity contribution in [2.24, 2.45) is 0 Å². The van der Waals surface area contributed by atoms with Gasteiger partial charge in [0, 0.05) is 30.3 Å². The van der Waals surface area contributed by atoms with Crippen molar-refractivity contribution in [3.63, 3.8) is 0 Å². The summed E-state index contributed by atoms with van der Waals surface area (Å²) in [6.07, 6.45) is 0. The van der Waals surface area contributed by atoms with Gasteiger partial charge in [-0.1, -0.05) is 19.9 Å². The second-order valence-corrected chi connectivity index (χ2v) is 4.55. The van der Waals surface area contributed by atoms with Crippen LogP contribution >= 0.6 is 0 Å². The minimum absolute atomic E-state index is 0.0937. The molecule has 2 heteroatoms. The predicted octanol–water partition coefficient (Wildman–Crippen LogP) is 2.29. The summed E-state index contributed by atoms with van der Waals surface area (Å²) in [5.74, 6) is 0. The van der Waals surface area contributed by atoms with Crippen molar-refractivity contribution in [3.8, 4) is 6.07 Å². The molecule has 2 rings (SSSR count).